The van der Waals surface area contributed by atoms with E-state index in [1.165, 1.54) is 7.05 Å². The third-order valence-electron chi connectivity index (χ3n) is 2.96. The number of carbonyl (C=O) groups is 1. The van der Waals surface area contributed by atoms with Crippen molar-refractivity contribution in [3.8, 4) is 18.1 Å². The maximum absolute atomic E-state index is 14.1. The van der Waals surface area contributed by atoms with Gasteiger partial charge in [-0.25, -0.2) is 14.9 Å². The number of carbonyl (C=O) groups excluding carboxylic acids is 1. The molecule has 1 radical (unpaired) electrons. The first-order valence-corrected chi connectivity index (χ1v) is 6.47. The standard InChI is InChI=1S/C15H11ClF2NO2.Y/c1-3-6-21-9-7-11(17)14(12(18)8-9)13-5-4-10(16)15(20)19(13)2;/h1,7-8,10H,4,6H2,2H3;/q-1;. The van der Waals surface area contributed by atoms with Crippen LogP contribution in [0.15, 0.2) is 12.1 Å². The van der Waals surface area contributed by atoms with Crippen molar-refractivity contribution in [2.75, 3.05) is 13.7 Å². The van der Waals surface area contributed by atoms with Crippen LogP contribution >= 0.6 is 11.6 Å². The number of ether oxygens (including phenoxy) is 1. The van der Waals surface area contributed by atoms with E-state index in [4.69, 9.17) is 22.8 Å². The van der Waals surface area contributed by atoms with Crippen molar-refractivity contribution in [3.05, 3.63) is 35.4 Å². The largest absolute Gasteiger partial charge is 0.481 e. The Kier molecular flexibility index (Phi) is 6.99. The number of alkyl halides is 1. The molecule has 0 bridgehead atoms. The molecule has 2 rings (SSSR count). The van der Waals surface area contributed by atoms with Crippen molar-refractivity contribution < 1.29 is 51.0 Å². The first kappa shape index (κ1) is 19.1. The molecule has 1 aliphatic rings. The summed E-state index contributed by atoms with van der Waals surface area (Å²) < 4.78 is 33.2. The van der Waals surface area contributed by atoms with Gasteiger partial charge in [0.25, 0.3) is 0 Å². The molecule has 0 aliphatic carbocycles. The Hall–Kier alpha value is -0.956. The number of nitrogens with zero attached hydrogens (tertiary/aromatic N) is 1. The van der Waals surface area contributed by atoms with Crippen LogP contribution in [0.5, 0.6) is 5.75 Å². The predicted octanol–water partition coefficient (Wildman–Crippen LogP) is 2.59. The average Bonchev–Trinajstić information content (AvgIpc) is 2.44. The minimum atomic E-state index is -0.864. The Morgan fingerprint density at radius 3 is 2.64 bits per heavy atom. The van der Waals surface area contributed by atoms with Crippen LogP contribution in [0.4, 0.5) is 8.78 Å². The summed E-state index contributed by atoms with van der Waals surface area (Å²) in [7, 11) is 1.39. The summed E-state index contributed by atoms with van der Waals surface area (Å²) in [4.78, 5) is 12.9. The van der Waals surface area contributed by atoms with E-state index >= 15 is 0 Å². The predicted molar refractivity (Wildman–Crippen MR) is 74.4 cm³/mol. The topological polar surface area (TPSA) is 29.5 Å². The van der Waals surface area contributed by atoms with Gasteiger partial charge in [-0.2, -0.15) is 0 Å². The van der Waals surface area contributed by atoms with Gasteiger partial charge < -0.3 is 9.64 Å². The summed E-state index contributed by atoms with van der Waals surface area (Å²) in [5, 5.41) is -0.775. The van der Waals surface area contributed by atoms with Gasteiger partial charge in [-0.05, 0) is 12.1 Å². The van der Waals surface area contributed by atoms with E-state index in [2.05, 4.69) is 12.0 Å². The van der Waals surface area contributed by atoms with Gasteiger partial charge in [-0.15, -0.1) is 23.7 Å². The molecule has 1 heterocycles. The Balaban J connectivity index is 0.00000242. The molecule has 0 saturated carbocycles. The third-order valence-corrected chi connectivity index (χ3v) is 3.30. The van der Waals surface area contributed by atoms with Gasteiger partial charge in [0, 0.05) is 39.8 Å². The Morgan fingerprint density at radius 2 is 2.09 bits per heavy atom. The molecule has 0 aromatic heterocycles. The molecular weight excluding hydrogens is 389 g/mol. The molecule has 22 heavy (non-hydrogen) atoms. The van der Waals surface area contributed by atoms with Gasteiger partial charge in [0.2, 0.25) is 5.91 Å². The molecule has 1 amide bonds. The zero-order valence-corrected chi connectivity index (χ0v) is 15.3. The van der Waals surface area contributed by atoms with Crippen LogP contribution in [0.25, 0.3) is 5.70 Å². The van der Waals surface area contributed by atoms with Gasteiger partial charge >= 0.3 is 0 Å². The van der Waals surface area contributed by atoms with Crippen LogP contribution in [-0.4, -0.2) is 29.8 Å². The second kappa shape index (κ2) is 8.05. The van der Waals surface area contributed by atoms with Crippen molar-refractivity contribution in [1.29, 1.82) is 0 Å². The monoisotopic (exact) mass is 399 g/mol. The molecule has 1 aromatic carbocycles. The SMILES string of the molecule is C#CCOc1cc(F)c(C2=[C-]CC(Cl)C(=O)N2C)c(F)c1.[Y]. The van der Waals surface area contributed by atoms with E-state index in [0.717, 1.165) is 17.0 Å². The average molecular weight is 400 g/mol. The molecule has 1 aliphatic heterocycles. The molecule has 7 heteroatoms. The van der Waals surface area contributed by atoms with Crippen LogP contribution in [0.2, 0.25) is 0 Å². The minimum absolute atomic E-state index is 0. The van der Waals surface area contributed by atoms with E-state index in [1.54, 1.807) is 0 Å². The van der Waals surface area contributed by atoms with Crippen molar-refractivity contribution in [1.82, 2.24) is 4.90 Å². The molecule has 0 fully saturated rings. The molecular formula is C15H11ClF2NO2Y-. The molecule has 1 unspecified atom stereocenters. The summed E-state index contributed by atoms with van der Waals surface area (Å²) in [6.07, 6.45) is 7.85. The quantitative estimate of drug-likeness (QED) is 0.444. The smallest absolute Gasteiger partial charge is 0.240 e. The zero-order valence-electron chi connectivity index (χ0n) is 11.7. The Labute approximate surface area is 157 Å². The number of benzene rings is 1. The number of halogens is 3. The summed E-state index contributed by atoms with van der Waals surface area (Å²) >= 11 is 5.78. The molecule has 1 aromatic rings. The third kappa shape index (κ3) is 3.87. The van der Waals surface area contributed by atoms with E-state index in [9.17, 15) is 13.6 Å². The van der Waals surface area contributed by atoms with Crippen LogP contribution in [0, 0.1) is 30.1 Å². The normalized spacial score (nSPS) is 17.4. The summed E-state index contributed by atoms with van der Waals surface area (Å²) in [5.74, 6) is 0.0167. The first-order chi connectivity index (χ1) is 9.95. The van der Waals surface area contributed by atoms with E-state index < -0.39 is 22.9 Å². The van der Waals surface area contributed by atoms with Crippen LogP contribution in [-0.2, 0) is 37.5 Å². The number of terminal acetylenes is 1. The zero-order chi connectivity index (χ0) is 15.6. The van der Waals surface area contributed by atoms with Crippen molar-refractivity contribution >= 4 is 23.2 Å². The second-order valence-corrected chi connectivity index (χ2v) is 4.88. The number of hydrogen-bond donors (Lipinski definition) is 0. The van der Waals surface area contributed by atoms with Crippen molar-refractivity contribution in [3.63, 3.8) is 0 Å². The van der Waals surface area contributed by atoms with Crippen LogP contribution in [0.3, 0.4) is 0 Å². The molecule has 3 nitrogen and oxygen atoms in total. The van der Waals surface area contributed by atoms with E-state index in [-0.39, 0.29) is 62.7 Å². The number of allylic oxidation sites excluding steroid dienone is 1. The fraction of sp³-hybridized carbons (Fsp3) is 0.267. The van der Waals surface area contributed by atoms with Gasteiger partial charge in [-0.3, -0.25) is 4.79 Å². The van der Waals surface area contributed by atoms with Gasteiger partial charge in [0.05, 0.1) is 11.6 Å². The fourth-order valence-electron chi connectivity index (χ4n) is 1.95. The maximum Gasteiger partial charge on any atom is 0.240 e. The molecule has 0 spiro atoms. The van der Waals surface area contributed by atoms with Gasteiger partial charge in [0.15, 0.2) is 0 Å². The number of hydrogen-bond acceptors (Lipinski definition) is 2. The second-order valence-electron chi connectivity index (χ2n) is 4.35. The van der Waals surface area contributed by atoms with Crippen molar-refractivity contribution in [2.24, 2.45) is 0 Å². The minimum Gasteiger partial charge on any atom is -0.481 e. The first-order valence-electron chi connectivity index (χ1n) is 6.03. The number of amides is 1. The fourth-order valence-corrected chi connectivity index (χ4v) is 2.18. The molecule has 113 valence electrons. The Morgan fingerprint density at radius 1 is 1.50 bits per heavy atom. The van der Waals surface area contributed by atoms with E-state index in [1.807, 2.05) is 0 Å². The number of rotatable bonds is 3. The molecule has 1 atom stereocenters. The van der Waals surface area contributed by atoms with Gasteiger partial charge in [0.1, 0.15) is 17.7 Å². The summed E-state index contributed by atoms with van der Waals surface area (Å²) in [6, 6.07) is 2.02. The molecule has 0 N–H and O–H groups in total. The van der Waals surface area contributed by atoms with Crippen LogP contribution < -0.4 is 4.74 Å². The van der Waals surface area contributed by atoms with Gasteiger partial charge in [-0.1, -0.05) is 17.9 Å². The maximum atomic E-state index is 14.1. The summed E-state index contributed by atoms with van der Waals surface area (Å²) in [5.41, 5.74) is -0.321. The van der Waals surface area contributed by atoms with Crippen LogP contribution in [0.1, 0.15) is 12.0 Å². The summed E-state index contributed by atoms with van der Waals surface area (Å²) in [6.45, 7) is -0.0979. The van der Waals surface area contributed by atoms with E-state index in [0.29, 0.717) is 0 Å². The van der Waals surface area contributed by atoms with Crippen molar-refractivity contribution in [2.45, 2.75) is 11.8 Å². The molecule has 0 saturated heterocycles. The Bertz CT molecular complexity index is 634.